The zero-order chi connectivity index (χ0) is 16.9. The molecule has 4 nitrogen and oxygen atoms in total. The van der Waals surface area contributed by atoms with E-state index in [0.717, 1.165) is 35.6 Å². The third-order valence-electron chi connectivity index (χ3n) is 3.95. The van der Waals surface area contributed by atoms with Gasteiger partial charge in [0, 0.05) is 23.7 Å². The van der Waals surface area contributed by atoms with E-state index in [1.165, 1.54) is 0 Å². The summed E-state index contributed by atoms with van der Waals surface area (Å²) in [6, 6.07) is 14.1. The Kier molecular flexibility index (Phi) is 6.53. The van der Waals surface area contributed by atoms with Crippen LogP contribution < -0.4 is 26.7 Å². The van der Waals surface area contributed by atoms with Crippen molar-refractivity contribution in [1.82, 2.24) is 4.57 Å². The maximum atomic E-state index is 11.7. The van der Waals surface area contributed by atoms with Gasteiger partial charge in [-0.15, -0.1) is 0 Å². The zero-order valence-corrected chi connectivity index (χ0v) is 15.9. The number of fused-ring (bicyclic) bond motifs is 1. The number of allylic oxidation sites excluding steroid dienone is 1. The first kappa shape index (κ1) is 18.9. The largest absolute Gasteiger partial charge is 1.00 e. The summed E-state index contributed by atoms with van der Waals surface area (Å²) >= 11 is 0. The van der Waals surface area contributed by atoms with Crippen molar-refractivity contribution in [2.45, 2.75) is 26.3 Å². The van der Waals surface area contributed by atoms with Gasteiger partial charge >= 0.3 is 0 Å². The summed E-state index contributed by atoms with van der Waals surface area (Å²) in [6.07, 6.45) is 7.45. The van der Waals surface area contributed by atoms with E-state index in [9.17, 15) is 4.79 Å². The summed E-state index contributed by atoms with van der Waals surface area (Å²) in [6.45, 7) is 6.60. The highest BCUT2D eigenvalue weighted by atomic mass is 79.9. The number of hydrogen-bond acceptors (Lipinski definition) is 1. The molecule has 1 N–H and O–H groups in total. The van der Waals surface area contributed by atoms with Gasteiger partial charge in [-0.3, -0.25) is 4.79 Å². The fourth-order valence-corrected chi connectivity index (χ4v) is 2.84. The number of hydrogen-bond donors (Lipinski definition) is 1. The topological polar surface area (TPSA) is 38.1 Å². The van der Waals surface area contributed by atoms with Gasteiger partial charge in [-0.1, -0.05) is 25.6 Å². The van der Waals surface area contributed by atoms with Gasteiger partial charge in [-0.05, 0) is 36.8 Å². The Bertz CT molecular complexity index is 868. The number of halogens is 1. The van der Waals surface area contributed by atoms with Gasteiger partial charge in [0.15, 0.2) is 5.69 Å². The van der Waals surface area contributed by atoms with Crippen molar-refractivity contribution in [2.24, 2.45) is 0 Å². The van der Waals surface area contributed by atoms with Crippen molar-refractivity contribution in [3.05, 3.63) is 67.5 Å². The molecule has 2 aromatic heterocycles. The predicted octanol–water partition coefficient (Wildman–Crippen LogP) is 0.822. The lowest BCUT2D eigenvalue weighted by molar-refractivity contribution is -0.510. The van der Waals surface area contributed by atoms with Crippen LogP contribution in [0.4, 0.5) is 5.69 Å². The molecule has 3 aromatic rings. The molecule has 25 heavy (non-hydrogen) atoms. The number of nitrogens with zero attached hydrogens (tertiary/aromatic N) is 2. The Morgan fingerprint density at radius 2 is 2.00 bits per heavy atom. The van der Waals surface area contributed by atoms with Crippen LogP contribution in [-0.4, -0.2) is 10.5 Å². The molecule has 0 unspecified atom stereocenters. The first-order chi connectivity index (χ1) is 11.7. The Hall–Kier alpha value is -2.40. The van der Waals surface area contributed by atoms with Gasteiger partial charge in [0.05, 0.1) is 6.20 Å². The molecule has 1 amide bonds. The van der Waals surface area contributed by atoms with Gasteiger partial charge in [0.2, 0.25) is 5.91 Å². The van der Waals surface area contributed by atoms with Gasteiger partial charge in [0.25, 0.3) is 5.65 Å². The number of aromatic nitrogens is 2. The number of nitrogens with one attached hydrogen (secondary N) is 1. The van der Waals surface area contributed by atoms with Crippen molar-refractivity contribution in [3.8, 4) is 11.3 Å². The molecule has 5 heteroatoms. The van der Waals surface area contributed by atoms with E-state index in [2.05, 4.69) is 33.1 Å². The van der Waals surface area contributed by atoms with Crippen LogP contribution in [0.2, 0.25) is 0 Å². The van der Waals surface area contributed by atoms with Gasteiger partial charge in [0.1, 0.15) is 12.7 Å². The Balaban J connectivity index is 0.00000225. The van der Waals surface area contributed by atoms with Crippen molar-refractivity contribution in [3.63, 3.8) is 0 Å². The van der Waals surface area contributed by atoms with Crippen molar-refractivity contribution < 1.29 is 26.2 Å². The van der Waals surface area contributed by atoms with Crippen LogP contribution in [0.3, 0.4) is 0 Å². The van der Waals surface area contributed by atoms with Crippen molar-refractivity contribution in [2.75, 3.05) is 5.32 Å². The van der Waals surface area contributed by atoms with Gasteiger partial charge in [-0.25, -0.2) is 8.97 Å². The standard InChI is InChI=1S/C20H21N3O.BrH/c1-3-7-19(24)21-17-11-9-16(10-12-17)18-15-22-14-6-5-8-20(22)23(18)13-4-2;/h4-6,8-12,14-15H,2-3,7,13H2,1H3;1H. The maximum Gasteiger partial charge on any atom is 0.286 e. The Morgan fingerprint density at radius 1 is 1.24 bits per heavy atom. The fourth-order valence-electron chi connectivity index (χ4n) is 2.84. The first-order valence-corrected chi connectivity index (χ1v) is 8.23. The lowest BCUT2D eigenvalue weighted by Gasteiger charge is -2.05. The second kappa shape index (κ2) is 8.62. The van der Waals surface area contributed by atoms with E-state index >= 15 is 0 Å². The quantitative estimate of drug-likeness (QED) is 0.483. The molecule has 0 spiro atoms. The maximum absolute atomic E-state index is 11.7. The van der Waals surface area contributed by atoms with E-state index < -0.39 is 0 Å². The highest BCUT2D eigenvalue weighted by Gasteiger charge is 2.17. The minimum Gasteiger partial charge on any atom is -1.00 e. The highest BCUT2D eigenvalue weighted by molar-refractivity contribution is 5.90. The second-order valence-electron chi connectivity index (χ2n) is 5.76. The van der Waals surface area contributed by atoms with Crippen LogP contribution in [0, 0.1) is 0 Å². The minimum atomic E-state index is 0. The molecular weight excluding hydrogens is 378 g/mol. The van der Waals surface area contributed by atoms with Crippen molar-refractivity contribution in [1.29, 1.82) is 0 Å². The summed E-state index contributed by atoms with van der Waals surface area (Å²) in [5, 5.41) is 2.92. The zero-order valence-electron chi connectivity index (χ0n) is 14.3. The summed E-state index contributed by atoms with van der Waals surface area (Å²) < 4.78 is 4.33. The molecule has 0 saturated carbocycles. The molecule has 0 radical (unpaired) electrons. The van der Waals surface area contributed by atoms with Crippen LogP contribution in [0.5, 0.6) is 0 Å². The third kappa shape index (κ3) is 4.17. The lowest BCUT2D eigenvalue weighted by atomic mass is 10.1. The minimum absolute atomic E-state index is 0. The third-order valence-corrected chi connectivity index (χ3v) is 3.95. The lowest BCUT2D eigenvalue weighted by Crippen LogP contribution is -3.00. The predicted molar refractivity (Wildman–Crippen MR) is 96.8 cm³/mol. The number of carbonyl (C=O) groups excluding carboxylic acids is 1. The Morgan fingerprint density at radius 3 is 2.68 bits per heavy atom. The SMILES string of the molecule is C=CCn1c(-c2ccc(NC(=O)CCC)cc2)c[n+]2ccccc12.[Br-]. The van der Waals surface area contributed by atoms with Crippen LogP contribution in [0.1, 0.15) is 19.8 Å². The monoisotopic (exact) mass is 399 g/mol. The van der Waals surface area contributed by atoms with Gasteiger partial charge < -0.3 is 22.3 Å². The molecule has 3 rings (SSSR count). The van der Waals surface area contributed by atoms with Crippen LogP contribution >= 0.6 is 0 Å². The normalized spacial score (nSPS) is 10.3. The number of carbonyl (C=O) groups is 1. The molecule has 130 valence electrons. The highest BCUT2D eigenvalue weighted by Crippen LogP contribution is 2.23. The molecule has 0 aliphatic heterocycles. The molecule has 2 heterocycles. The fraction of sp³-hybridized carbons (Fsp3) is 0.200. The summed E-state index contributed by atoms with van der Waals surface area (Å²) in [4.78, 5) is 11.7. The number of anilines is 1. The molecule has 0 aliphatic rings. The molecular formula is C20H22BrN3O. The molecule has 0 fully saturated rings. The molecule has 0 aliphatic carbocycles. The average Bonchev–Trinajstić information content (AvgIpc) is 2.95. The van der Waals surface area contributed by atoms with Crippen molar-refractivity contribution >= 4 is 17.2 Å². The second-order valence-corrected chi connectivity index (χ2v) is 5.76. The summed E-state index contributed by atoms with van der Waals surface area (Å²) in [5.41, 5.74) is 4.17. The molecule has 0 bridgehead atoms. The molecule has 0 saturated heterocycles. The van der Waals surface area contributed by atoms with E-state index in [4.69, 9.17) is 0 Å². The van der Waals surface area contributed by atoms with E-state index in [1.54, 1.807) is 0 Å². The number of amides is 1. The van der Waals surface area contributed by atoms with Crippen LogP contribution in [-0.2, 0) is 11.3 Å². The van der Waals surface area contributed by atoms with E-state index in [-0.39, 0.29) is 22.9 Å². The van der Waals surface area contributed by atoms with Gasteiger partial charge in [-0.2, -0.15) is 0 Å². The summed E-state index contributed by atoms with van der Waals surface area (Å²) in [5.74, 6) is 0.0570. The average molecular weight is 400 g/mol. The summed E-state index contributed by atoms with van der Waals surface area (Å²) in [7, 11) is 0. The number of benzene rings is 1. The molecule has 1 aromatic carbocycles. The number of rotatable bonds is 6. The Labute approximate surface area is 158 Å². The van der Waals surface area contributed by atoms with E-state index in [0.29, 0.717) is 6.42 Å². The van der Waals surface area contributed by atoms with Crippen LogP contribution in [0.25, 0.3) is 16.9 Å². The number of pyridine rings is 1. The smallest absolute Gasteiger partial charge is 0.286 e. The first-order valence-electron chi connectivity index (χ1n) is 8.23. The van der Waals surface area contributed by atoms with E-state index in [1.807, 2.05) is 55.6 Å². The molecule has 0 atom stereocenters. The van der Waals surface area contributed by atoms with Crippen LogP contribution in [0.15, 0.2) is 67.5 Å². The number of imidazole rings is 1.